The van der Waals surface area contributed by atoms with Crippen molar-refractivity contribution in [1.82, 2.24) is 19.7 Å². The predicted octanol–water partition coefficient (Wildman–Crippen LogP) is 4.11. The van der Waals surface area contributed by atoms with Crippen molar-refractivity contribution in [2.24, 2.45) is 0 Å². The van der Waals surface area contributed by atoms with Crippen molar-refractivity contribution in [3.05, 3.63) is 65.7 Å². The maximum atomic E-state index is 13.3. The average molecular weight is 414 g/mol. The van der Waals surface area contributed by atoms with Gasteiger partial charge in [0, 0.05) is 0 Å². The van der Waals surface area contributed by atoms with Gasteiger partial charge in [0.1, 0.15) is 11.6 Å². The zero-order valence-corrected chi connectivity index (χ0v) is 16.6. The van der Waals surface area contributed by atoms with Crippen molar-refractivity contribution in [2.45, 2.75) is 18.6 Å². The summed E-state index contributed by atoms with van der Waals surface area (Å²) >= 11 is 2.56. The van der Waals surface area contributed by atoms with E-state index in [0.717, 1.165) is 11.4 Å². The fourth-order valence-corrected chi connectivity index (χ4v) is 4.34. The molecule has 9 heteroatoms. The molecule has 2 aromatic carbocycles. The van der Waals surface area contributed by atoms with Gasteiger partial charge in [0.15, 0.2) is 10.3 Å². The average Bonchev–Trinajstić information content (AvgIpc) is 3.23. The van der Waals surface area contributed by atoms with Crippen molar-refractivity contribution in [2.75, 3.05) is 11.1 Å². The Morgan fingerprint density at radius 2 is 2.04 bits per heavy atom. The Morgan fingerprint density at radius 1 is 1.21 bits per heavy atom. The lowest BCUT2D eigenvalue weighted by molar-refractivity contribution is -0.113. The van der Waals surface area contributed by atoms with Crippen LogP contribution in [-0.4, -0.2) is 31.4 Å². The van der Waals surface area contributed by atoms with Gasteiger partial charge in [0.25, 0.3) is 0 Å². The van der Waals surface area contributed by atoms with E-state index in [1.807, 2.05) is 41.8 Å². The highest BCUT2D eigenvalue weighted by Crippen LogP contribution is 2.27. The molecular weight excluding hydrogens is 397 g/mol. The van der Waals surface area contributed by atoms with E-state index < -0.39 is 0 Å². The van der Waals surface area contributed by atoms with E-state index in [1.54, 1.807) is 6.07 Å². The van der Waals surface area contributed by atoms with E-state index in [2.05, 4.69) is 20.5 Å². The first kappa shape index (κ1) is 18.6. The van der Waals surface area contributed by atoms with Gasteiger partial charge in [-0.25, -0.2) is 9.37 Å². The molecule has 0 aliphatic heterocycles. The number of benzene rings is 2. The molecule has 2 heterocycles. The normalized spacial score (nSPS) is 11.1. The SMILES string of the molecule is Cc1nnc(SCC(=O)Nc2nc3ccc(F)cc3s2)n1Cc1ccccc1. The van der Waals surface area contributed by atoms with Gasteiger partial charge in [-0.2, -0.15) is 0 Å². The lowest BCUT2D eigenvalue weighted by Gasteiger charge is -2.08. The topological polar surface area (TPSA) is 72.7 Å². The van der Waals surface area contributed by atoms with Gasteiger partial charge >= 0.3 is 0 Å². The first-order valence-electron chi connectivity index (χ1n) is 8.51. The molecule has 1 amide bonds. The van der Waals surface area contributed by atoms with Gasteiger partial charge < -0.3 is 9.88 Å². The molecule has 28 heavy (non-hydrogen) atoms. The van der Waals surface area contributed by atoms with Crippen LogP contribution in [-0.2, 0) is 11.3 Å². The number of halogens is 1. The smallest absolute Gasteiger partial charge is 0.236 e. The summed E-state index contributed by atoms with van der Waals surface area (Å²) < 4.78 is 16.0. The highest BCUT2D eigenvalue weighted by Gasteiger charge is 2.14. The summed E-state index contributed by atoms with van der Waals surface area (Å²) in [7, 11) is 0. The lowest BCUT2D eigenvalue weighted by Crippen LogP contribution is -2.14. The fourth-order valence-electron chi connectivity index (χ4n) is 2.65. The monoisotopic (exact) mass is 413 g/mol. The van der Waals surface area contributed by atoms with Crippen molar-refractivity contribution < 1.29 is 9.18 Å². The summed E-state index contributed by atoms with van der Waals surface area (Å²) in [5, 5.41) is 12.2. The van der Waals surface area contributed by atoms with Crippen LogP contribution in [0.15, 0.2) is 53.7 Å². The second-order valence-corrected chi connectivity index (χ2v) is 8.04. The first-order chi connectivity index (χ1) is 13.6. The lowest BCUT2D eigenvalue weighted by atomic mass is 10.2. The number of nitrogens with one attached hydrogen (secondary N) is 1. The van der Waals surface area contributed by atoms with Gasteiger partial charge in [-0.1, -0.05) is 53.4 Å². The Balaban J connectivity index is 1.40. The number of amides is 1. The molecular formula is C19H16FN5OS2. The van der Waals surface area contributed by atoms with Crippen LogP contribution in [0.4, 0.5) is 9.52 Å². The number of rotatable bonds is 6. The van der Waals surface area contributed by atoms with E-state index in [1.165, 1.54) is 35.2 Å². The Morgan fingerprint density at radius 3 is 2.86 bits per heavy atom. The van der Waals surface area contributed by atoms with Crippen LogP contribution in [0.3, 0.4) is 0 Å². The molecule has 0 bridgehead atoms. The molecule has 4 rings (SSSR count). The number of hydrogen-bond acceptors (Lipinski definition) is 6. The second-order valence-electron chi connectivity index (χ2n) is 6.07. The van der Waals surface area contributed by atoms with E-state index in [4.69, 9.17) is 0 Å². The minimum Gasteiger partial charge on any atom is -0.302 e. The number of hydrogen-bond donors (Lipinski definition) is 1. The van der Waals surface area contributed by atoms with Crippen molar-refractivity contribution in [1.29, 1.82) is 0 Å². The summed E-state index contributed by atoms with van der Waals surface area (Å²) in [5.41, 5.74) is 1.80. The fraction of sp³-hybridized carbons (Fsp3) is 0.158. The molecule has 142 valence electrons. The van der Waals surface area contributed by atoms with Crippen LogP contribution in [0.5, 0.6) is 0 Å². The number of nitrogens with zero attached hydrogens (tertiary/aromatic N) is 4. The summed E-state index contributed by atoms with van der Waals surface area (Å²) in [6.45, 7) is 2.54. The third kappa shape index (κ3) is 4.20. The third-order valence-corrected chi connectivity index (χ3v) is 5.91. The van der Waals surface area contributed by atoms with Crippen molar-refractivity contribution in [3.63, 3.8) is 0 Å². The number of carbonyl (C=O) groups is 1. The highest BCUT2D eigenvalue weighted by atomic mass is 32.2. The van der Waals surface area contributed by atoms with Gasteiger partial charge in [0.05, 0.1) is 22.5 Å². The molecule has 0 aliphatic carbocycles. The summed E-state index contributed by atoms with van der Waals surface area (Å²) in [4.78, 5) is 16.6. The molecule has 0 saturated heterocycles. The largest absolute Gasteiger partial charge is 0.302 e. The van der Waals surface area contributed by atoms with E-state index >= 15 is 0 Å². The van der Waals surface area contributed by atoms with Crippen LogP contribution in [0, 0.1) is 12.7 Å². The molecule has 0 radical (unpaired) electrons. The van der Waals surface area contributed by atoms with Gasteiger partial charge in [-0.3, -0.25) is 4.79 Å². The van der Waals surface area contributed by atoms with E-state index in [0.29, 0.717) is 27.0 Å². The van der Waals surface area contributed by atoms with Crippen molar-refractivity contribution in [3.8, 4) is 0 Å². The second kappa shape index (κ2) is 8.07. The molecule has 4 aromatic rings. The number of thioether (sulfide) groups is 1. The Bertz CT molecular complexity index is 1130. The van der Waals surface area contributed by atoms with Crippen LogP contribution in [0.25, 0.3) is 10.2 Å². The van der Waals surface area contributed by atoms with Crippen LogP contribution in [0.1, 0.15) is 11.4 Å². The summed E-state index contributed by atoms with van der Waals surface area (Å²) in [5.74, 6) is 0.450. The number of aromatic nitrogens is 4. The maximum absolute atomic E-state index is 13.3. The van der Waals surface area contributed by atoms with E-state index in [9.17, 15) is 9.18 Å². The molecule has 2 aromatic heterocycles. The van der Waals surface area contributed by atoms with E-state index in [-0.39, 0.29) is 17.5 Å². The Labute approximate surface area is 168 Å². The number of anilines is 1. The first-order valence-corrected chi connectivity index (χ1v) is 10.3. The summed E-state index contributed by atoms with van der Waals surface area (Å²) in [6, 6.07) is 14.4. The highest BCUT2D eigenvalue weighted by molar-refractivity contribution is 7.99. The Hall–Kier alpha value is -2.78. The number of carbonyl (C=O) groups excluding carboxylic acids is 1. The quantitative estimate of drug-likeness (QED) is 0.482. The number of fused-ring (bicyclic) bond motifs is 1. The predicted molar refractivity (Wildman–Crippen MR) is 109 cm³/mol. The van der Waals surface area contributed by atoms with Crippen LogP contribution < -0.4 is 5.32 Å². The van der Waals surface area contributed by atoms with Gasteiger partial charge in [-0.05, 0) is 30.7 Å². The van der Waals surface area contributed by atoms with Crippen molar-refractivity contribution >= 4 is 44.4 Å². The molecule has 0 fully saturated rings. The maximum Gasteiger partial charge on any atom is 0.236 e. The summed E-state index contributed by atoms with van der Waals surface area (Å²) in [6.07, 6.45) is 0. The zero-order chi connectivity index (χ0) is 19.5. The van der Waals surface area contributed by atoms with Crippen LogP contribution in [0.2, 0.25) is 0 Å². The molecule has 0 aliphatic rings. The van der Waals surface area contributed by atoms with Crippen LogP contribution >= 0.6 is 23.1 Å². The number of thiazole rings is 1. The minimum atomic E-state index is -0.322. The molecule has 0 unspecified atom stereocenters. The van der Waals surface area contributed by atoms with Gasteiger partial charge in [-0.15, -0.1) is 10.2 Å². The third-order valence-electron chi connectivity index (χ3n) is 4.01. The molecule has 6 nitrogen and oxygen atoms in total. The minimum absolute atomic E-state index is 0.178. The zero-order valence-electron chi connectivity index (χ0n) is 14.9. The molecule has 0 spiro atoms. The Kier molecular flexibility index (Phi) is 5.36. The molecule has 1 N–H and O–H groups in total. The molecule has 0 saturated carbocycles. The van der Waals surface area contributed by atoms with Gasteiger partial charge in [0.2, 0.25) is 5.91 Å². The standard InChI is InChI=1S/C19H16FN5OS2/c1-12-23-24-19(25(12)10-13-5-3-2-4-6-13)27-11-17(26)22-18-21-15-8-7-14(20)9-16(15)28-18/h2-9H,10-11H2,1H3,(H,21,22,26). The molecule has 0 atom stereocenters. The number of aryl methyl sites for hydroxylation is 1.